The molecule has 0 aliphatic rings. The lowest BCUT2D eigenvalue weighted by Gasteiger charge is -2.17. The third-order valence-corrected chi connectivity index (χ3v) is 2.79. The second kappa shape index (κ2) is 5.91. The van der Waals surface area contributed by atoms with Crippen molar-refractivity contribution in [2.75, 3.05) is 6.54 Å². The molecule has 0 fully saturated rings. The van der Waals surface area contributed by atoms with Crippen molar-refractivity contribution in [1.29, 1.82) is 0 Å². The molecule has 0 spiro atoms. The van der Waals surface area contributed by atoms with Crippen molar-refractivity contribution in [1.82, 2.24) is 15.1 Å². The van der Waals surface area contributed by atoms with E-state index in [4.69, 9.17) is 0 Å². The van der Waals surface area contributed by atoms with Gasteiger partial charge in [0.1, 0.15) is 0 Å². The van der Waals surface area contributed by atoms with E-state index < -0.39 is 0 Å². The molecule has 0 saturated carbocycles. The Kier molecular flexibility index (Phi) is 4.82. The van der Waals surface area contributed by atoms with Crippen LogP contribution in [0, 0.1) is 12.8 Å². The normalized spacial score (nSPS) is 13.4. The zero-order valence-electron chi connectivity index (χ0n) is 10.3. The zero-order chi connectivity index (χ0) is 11.3. The molecule has 0 aliphatic carbocycles. The fraction of sp³-hybridized carbons (Fsp3) is 0.750. The highest BCUT2D eigenvalue weighted by Gasteiger charge is 2.04. The summed E-state index contributed by atoms with van der Waals surface area (Å²) < 4.78 is 2.01. The van der Waals surface area contributed by atoms with E-state index in [9.17, 15) is 0 Å². The molecule has 1 N–H and O–H groups in total. The predicted molar refractivity (Wildman–Crippen MR) is 63.9 cm³/mol. The lowest BCUT2D eigenvalue weighted by molar-refractivity contribution is 0.414. The molecule has 3 nitrogen and oxygen atoms in total. The first kappa shape index (κ1) is 12.2. The predicted octanol–water partition coefficient (Wildman–Crippen LogP) is 2.22. The third-order valence-electron chi connectivity index (χ3n) is 2.79. The van der Waals surface area contributed by atoms with Crippen molar-refractivity contribution >= 4 is 0 Å². The summed E-state index contributed by atoms with van der Waals surface area (Å²) in [6.45, 7) is 10.9. The van der Waals surface area contributed by atoms with Gasteiger partial charge in [-0.25, -0.2) is 0 Å². The molecule has 1 unspecified atom stereocenters. The zero-order valence-corrected chi connectivity index (χ0v) is 10.3. The summed E-state index contributed by atoms with van der Waals surface area (Å²) in [7, 11) is 0. The van der Waals surface area contributed by atoms with E-state index >= 15 is 0 Å². The van der Waals surface area contributed by atoms with Gasteiger partial charge in [-0.3, -0.25) is 4.68 Å². The van der Waals surface area contributed by atoms with Crippen molar-refractivity contribution in [2.45, 2.75) is 46.7 Å². The first-order valence-electron chi connectivity index (χ1n) is 5.82. The minimum atomic E-state index is 0.601. The lowest BCUT2D eigenvalue weighted by atomic mass is 10.1. The Hall–Kier alpha value is -0.830. The minimum Gasteiger partial charge on any atom is -0.314 e. The van der Waals surface area contributed by atoms with Crippen LogP contribution < -0.4 is 5.32 Å². The van der Waals surface area contributed by atoms with Crippen molar-refractivity contribution in [3.05, 3.63) is 18.0 Å². The largest absolute Gasteiger partial charge is 0.314 e. The maximum Gasteiger partial charge on any atom is 0.0518 e. The molecule has 0 radical (unpaired) electrons. The molecule has 15 heavy (non-hydrogen) atoms. The first-order valence-corrected chi connectivity index (χ1v) is 5.82. The van der Waals surface area contributed by atoms with Crippen LogP contribution in [0.3, 0.4) is 0 Å². The van der Waals surface area contributed by atoms with Gasteiger partial charge in [0.15, 0.2) is 0 Å². The molecular weight excluding hydrogens is 186 g/mol. The molecule has 0 saturated heterocycles. The molecule has 0 bridgehead atoms. The Balaban J connectivity index is 2.12. The van der Waals surface area contributed by atoms with E-state index in [1.807, 2.05) is 10.9 Å². The number of rotatable bonds is 6. The fourth-order valence-corrected chi connectivity index (χ4v) is 1.40. The number of aryl methyl sites for hydroxylation is 2. The van der Waals surface area contributed by atoms with E-state index in [-0.39, 0.29) is 0 Å². The molecule has 1 atom stereocenters. The Bertz CT molecular complexity index is 278. The quantitative estimate of drug-likeness (QED) is 0.728. The van der Waals surface area contributed by atoms with Crippen LogP contribution in [0.25, 0.3) is 0 Å². The molecule has 3 heteroatoms. The van der Waals surface area contributed by atoms with E-state index in [0.29, 0.717) is 12.0 Å². The van der Waals surface area contributed by atoms with Gasteiger partial charge in [-0.1, -0.05) is 13.8 Å². The van der Waals surface area contributed by atoms with Gasteiger partial charge in [-0.2, -0.15) is 5.10 Å². The summed E-state index contributed by atoms with van der Waals surface area (Å²) in [6.07, 6.45) is 5.13. The van der Waals surface area contributed by atoms with E-state index in [1.165, 1.54) is 5.56 Å². The van der Waals surface area contributed by atoms with Gasteiger partial charge in [0.25, 0.3) is 0 Å². The van der Waals surface area contributed by atoms with Gasteiger partial charge in [-0.15, -0.1) is 0 Å². The second-order valence-corrected chi connectivity index (χ2v) is 4.62. The Morgan fingerprint density at radius 1 is 1.40 bits per heavy atom. The van der Waals surface area contributed by atoms with Crippen LogP contribution in [-0.2, 0) is 6.54 Å². The van der Waals surface area contributed by atoms with Crippen molar-refractivity contribution in [2.24, 2.45) is 5.92 Å². The average molecular weight is 209 g/mol. The van der Waals surface area contributed by atoms with Gasteiger partial charge >= 0.3 is 0 Å². The maximum absolute atomic E-state index is 4.26. The first-order chi connectivity index (χ1) is 7.09. The van der Waals surface area contributed by atoms with Crippen molar-refractivity contribution < 1.29 is 0 Å². The summed E-state index contributed by atoms with van der Waals surface area (Å²) in [4.78, 5) is 0. The summed E-state index contributed by atoms with van der Waals surface area (Å²) in [6, 6.07) is 0.601. The highest BCUT2D eigenvalue weighted by atomic mass is 15.3. The molecule has 0 aromatic carbocycles. The highest BCUT2D eigenvalue weighted by Crippen LogP contribution is 2.00. The average Bonchev–Trinajstić information content (AvgIpc) is 2.58. The Morgan fingerprint density at radius 2 is 2.13 bits per heavy atom. The van der Waals surface area contributed by atoms with Gasteiger partial charge in [0, 0.05) is 18.8 Å². The van der Waals surface area contributed by atoms with Crippen LogP contribution in [0.15, 0.2) is 12.4 Å². The lowest BCUT2D eigenvalue weighted by Crippen LogP contribution is -2.31. The summed E-state index contributed by atoms with van der Waals surface area (Å²) in [5.74, 6) is 0.706. The van der Waals surface area contributed by atoms with Gasteiger partial charge in [0.05, 0.1) is 6.20 Å². The van der Waals surface area contributed by atoms with Crippen LogP contribution in [0.5, 0.6) is 0 Å². The summed E-state index contributed by atoms with van der Waals surface area (Å²) in [5.41, 5.74) is 1.23. The van der Waals surface area contributed by atoms with Crippen LogP contribution in [0.4, 0.5) is 0 Å². The van der Waals surface area contributed by atoms with E-state index in [2.05, 4.69) is 44.3 Å². The van der Waals surface area contributed by atoms with Gasteiger partial charge in [0.2, 0.25) is 0 Å². The molecule has 86 valence electrons. The molecule has 1 heterocycles. The highest BCUT2D eigenvalue weighted by molar-refractivity contribution is 4.99. The molecular formula is C12H23N3. The fourth-order valence-electron chi connectivity index (χ4n) is 1.40. The Labute approximate surface area is 92.9 Å². The molecule has 1 rings (SSSR count). The Morgan fingerprint density at radius 3 is 2.67 bits per heavy atom. The standard InChI is InChI=1S/C12H23N3/c1-10(2)12(4)13-6-5-7-15-9-11(3)8-14-15/h8-10,12-13H,5-7H2,1-4H3. The van der Waals surface area contributed by atoms with Crippen LogP contribution in [-0.4, -0.2) is 22.4 Å². The molecule has 1 aromatic rings. The summed E-state index contributed by atoms with van der Waals surface area (Å²) in [5, 5.41) is 7.77. The number of hydrogen-bond donors (Lipinski definition) is 1. The molecule has 0 aliphatic heterocycles. The maximum atomic E-state index is 4.26. The SMILES string of the molecule is Cc1cnn(CCCNC(C)C(C)C)c1. The van der Waals surface area contributed by atoms with Crippen LogP contribution >= 0.6 is 0 Å². The molecule has 1 aromatic heterocycles. The van der Waals surface area contributed by atoms with Gasteiger partial charge < -0.3 is 5.32 Å². The van der Waals surface area contributed by atoms with Crippen molar-refractivity contribution in [3.8, 4) is 0 Å². The minimum absolute atomic E-state index is 0.601. The van der Waals surface area contributed by atoms with Crippen molar-refractivity contribution in [3.63, 3.8) is 0 Å². The smallest absolute Gasteiger partial charge is 0.0518 e. The topological polar surface area (TPSA) is 29.9 Å². The third kappa shape index (κ3) is 4.47. The second-order valence-electron chi connectivity index (χ2n) is 4.62. The van der Waals surface area contributed by atoms with E-state index in [1.54, 1.807) is 0 Å². The summed E-state index contributed by atoms with van der Waals surface area (Å²) >= 11 is 0. The van der Waals surface area contributed by atoms with Crippen LogP contribution in [0.1, 0.15) is 32.8 Å². The number of hydrogen-bond acceptors (Lipinski definition) is 2. The molecule has 0 amide bonds. The number of aromatic nitrogens is 2. The van der Waals surface area contributed by atoms with Gasteiger partial charge in [-0.05, 0) is 38.3 Å². The van der Waals surface area contributed by atoms with Crippen LogP contribution in [0.2, 0.25) is 0 Å². The monoisotopic (exact) mass is 209 g/mol. The van der Waals surface area contributed by atoms with E-state index in [0.717, 1.165) is 19.5 Å². The number of nitrogens with one attached hydrogen (secondary N) is 1. The number of nitrogens with zero attached hydrogens (tertiary/aromatic N) is 2.